The average Bonchev–Trinajstić information content (AvgIpc) is 2.91. The van der Waals surface area contributed by atoms with Gasteiger partial charge in [0.15, 0.2) is 0 Å². The van der Waals surface area contributed by atoms with E-state index in [1.807, 2.05) is 25.3 Å². The highest BCUT2D eigenvalue weighted by molar-refractivity contribution is 5.42. The van der Waals surface area contributed by atoms with Gasteiger partial charge >= 0.3 is 0 Å². The molecule has 0 amide bonds. The van der Waals surface area contributed by atoms with Crippen LogP contribution in [0.4, 0.5) is 5.69 Å². The van der Waals surface area contributed by atoms with Crippen LogP contribution in [0.25, 0.3) is 0 Å². The van der Waals surface area contributed by atoms with Crippen molar-refractivity contribution in [2.45, 2.75) is 32.9 Å². The first kappa shape index (κ1) is 12.5. The third-order valence-electron chi connectivity index (χ3n) is 2.96. The summed E-state index contributed by atoms with van der Waals surface area (Å²) in [5.74, 6) is 0.909. The van der Waals surface area contributed by atoms with Crippen LogP contribution in [0.5, 0.6) is 0 Å². The van der Waals surface area contributed by atoms with Gasteiger partial charge in [-0.1, -0.05) is 6.92 Å². The molecule has 18 heavy (non-hydrogen) atoms. The standard InChI is InChI=1S/C14H18N2O2/c1-3-12(13-6-5-9-18-13)15-11-7-8-14(17)16(4-2)10-11/h5-10,12,15H,3-4H2,1-2H3. The minimum absolute atomic E-state index is 0.0223. The van der Waals surface area contributed by atoms with Crippen molar-refractivity contribution in [2.24, 2.45) is 0 Å². The van der Waals surface area contributed by atoms with E-state index in [9.17, 15) is 4.79 Å². The fraction of sp³-hybridized carbons (Fsp3) is 0.357. The third kappa shape index (κ3) is 2.64. The van der Waals surface area contributed by atoms with Crippen LogP contribution in [0.3, 0.4) is 0 Å². The molecule has 0 radical (unpaired) electrons. The number of hydrogen-bond acceptors (Lipinski definition) is 3. The molecule has 1 unspecified atom stereocenters. The highest BCUT2D eigenvalue weighted by atomic mass is 16.3. The minimum atomic E-state index is 0.0223. The van der Waals surface area contributed by atoms with E-state index in [1.54, 1.807) is 23.0 Å². The number of aromatic nitrogens is 1. The molecule has 4 heteroatoms. The highest BCUT2D eigenvalue weighted by Gasteiger charge is 2.11. The molecule has 0 saturated carbocycles. The van der Waals surface area contributed by atoms with E-state index in [4.69, 9.17) is 4.42 Å². The maximum Gasteiger partial charge on any atom is 0.250 e. The molecule has 1 atom stereocenters. The van der Waals surface area contributed by atoms with Crippen LogP contribution in [0.1, 0.15) is 32.1 Å². The summed E-state index contributed by atoms with van der Waals surface area (Å²) in [6.45, 7) is 4.72. The van der Waals surface area contributed by atoms with Crippen molar-refractivity contribution in [3.8, 4) is 0 Å². The molecule has 2 aromatic heterocycles. The lowest BCUT2D eigenvalue weighted by atomic mass is 10.1. The summed E-state index contributed by atoms with van der Waals surface area (Å²) in [7, 11) is 0. The Kier molecular flexibility index (Phi) is 3.87. The van der Waals surface area contributed by atoms with Crippen molar-refractivity contribution >= 4 is 5.69 Å². The van der Waals surface area contributed by atoms with Crippen molar-refractivity contribution in [2.75, 3.05) is 5.32 Å². The first-order valence-electron chi connectivity index (χ1n) is 6.25. The van der Waals surface area contributed by atoms with Crippen LogP contribution in [-0.2, 0) is 6.54 Å². The first-order valence-corrected chi connectivity index (χ1v) is 6.25. The van der Waals surface area contributed by atoms with Crippen molar-refractivity contribution in [1.82, 2.24) is 4.57 Å². The normalized spacial score (nSPS) is 12.3. The van der Waals surface area contributed by atoms with Gasteiger partial charge in [-0.3, -0.25) is 4.79 Å². The summed E-state index contributed by atoms with van der Waals surface area (Å²) in [6.07, 6.45) is 4.43. The number of nitrogens with zero attached hydrogens (tertiary/aromatic N) is 1. The van der Waals surface area contributed by atoms with Crippen LogP contribution in [0, 0.1) is 0 Å². The molecule has 1 N–H and O–H groups in total. The van der Waals surface area contributed by atoms with Crippen LogP contribution in [0.15, 0.2) is 45.9 Å². The van der Waals surface area contributed by atoms with Gasteiger partial charge in [0, 0.05) is 18.8 Å². The molecule has 96 valence electrons. The average molecular weight is 246 g/mol. The lowest BCUT2D eigenvalue weighted by molar-refractivity contribution is 0.473. The van der Waals surface area contributed by atoms with Gasteiger partial charge in [0.1, 0.15) is 5.76 Å². The monoisotopic (exact) mass is 246 g/mol. The van der Waals surface area contributed by atoms with Crippen LogP contribution in [0.2, 0.25) is 0 Å². The van der Waals surface area contributed by atoms with Crippen molar-refractivity contribution in [3.63, 3.8) is 0 Å². The second-order valence-electron chi connectivity index (χ2n) is 4.16. The summed E-state index contributed by atoms with van der Waals surface area (Å²) in [5.41, 5.74) is 0.953. The second kappa shape index (κ2) is 5.58. The fourth-order valence-corrected chi connectivity index (χ4v) is 1.93. The lowest BCUT2D eigenvalue weighted by Crippen LogP contribution is -2.19. The molecule has 0 bridgehead atoms. The zero-order valence-corrected chi connectivity index (χ0v) is 10.7. The summed E-state index contributed by atoms with van der Waals surface area (Å²) in [4.78, 5) is 11.5. The van der Waals surface area contributed by atoms with Gasteiger partial charge in [0.05, 0.1) is 18.0 Å². The molecule has 2 heterocycles. The van der Waals surface area contributed by atoms with E-state index in [2.05, 4.69) is 12.2 Å². The largest absolute Gasteiger partial charge is 0.467 e. The molecule has 0 aliphatic carbocycles. The molecule has 0 aliphatic heterocycles. The molecule has 4 nitrogen and oxygen atoms in total. The molecule has 2 aromatic rings. The summed E-state index contributed by atoms with van der Waals surface area (Å²) in [5, 5.41) is 3.38. The maximum atomic E-state index is 11.5. The van der Waals surface area contributed by atoms with Gasteiger partial charge < -0.3 is 14.3 Å². The Labute approximate surface area is 106 Å². The van der Waals surface area contributed by atoms with E-state index in [1.165, 1.54) is 0 Å². The van der Waals surface area contributed by atoms with Crippen LogP contribution in [-0.4, -0.2) is 4.57 Å². The third-order valence-corrected chi connectivity index (χ3v) is 2.96. The van der Waals surface area contributed by atoms with E-state index in [0.29, 0.717) is 6.54 Å². The van der Waals surface area contributed by atoms with Gasteiger partial charge in [-0.15, -0.1) is 0 Å². The number of rotatable bonds is 5. The molecule has 0 spiro atoms. The zero-order valence-electron chi connectivity index (χ0n) is 10.7. The Morgan fingerprint density at radius 3 is 2.78 bits per heavy atom. The summed E-state index contributed by atoms with van der Waals surface area (Å²) in [6, 6.07) is 7.35. The number of nitrogens with one attached hydrogen (secondary N) is 1. The molecular formula is C14H18N2O2. The number of furan rings is 1. The number of aryl methyl sites for hydroxylation is 1. The zero-order chi connectivity index (χ0) is 13.0. The Bertz CT molecular complexity index is 543. The highest BCUT2D eigenvalue weighted by Crippen LogP contribution is 2.22. The Hall–Kier alpha value is -1.97. The predicted octanol–water partition coefficient (Wildman–Crippen LogP) is 3.02. The van der Waals surface area contributed by atoms with E-state index in [0.717, 1.165) is 17.9 Å². The lowest BCUT2D eigenvalue weighted by Gasteiger charge is -2.16. The molecular weight excluding hydrogens is 228 g/mol. The molecule has 0 fully saturated rings. The Morgan fingerprint density at radius 1 is 1.33 bits per heavy atom. The quantitative estimate of drug-likeness (QED) is 0.882. The van der Waals surface area contributed by atoms with E-state index < -0.39 is 0 Å². The smallest absolute Gasteiger partial charge is 0.250 e. The second-order valence-corrected chi connectivity index (χ2v) is 4.16. The van der Waals surface area contributed by atoms with Crippen molar-refractivity contribution in [3.05, 3.63) is 52.8 Å². The molecule has 0 aliphatic rings. The number of anilines is 1. The van der Waals surface area contributed by atoms with Crippen LogP contribution < -0.4 is 10.9 Å². The van der Waals surface area contributed by atoms with Gasteiger partial charge in [-0.2, -0.15) is 0 Å². The molecule has 2 rings (SSSR count). The SMILES string of the molecule is CCC(Nc1ccc(=O)n(CC)c1)c1ccco1. The van der Waals surface area contributed by atoms with Crippen molar-refractivity contribution < 1.29 is 4.42 Å². The Balaban J connectivity index is 2.20. The predicted molar refractivity (Wildman–Crippen MR) is 71.7 cm³/mol. The molecule has 0 aromatic carbocycles. The van der Waals surface area contributed by atoms with Gasteiger partial charge in [0.25, 0.3) is 5.56 Å². The minimum Gasteiger partial charge on any atom is -0.467 e. The first-order chi connectivity index (χ1) is 8.74. The topological polar surface area (TPSA) is 47.2 Å². The summed E-state index contributed by atoms with van der Waals surface area (Å²) < 4.78 is 7.09. The number of pyridine rings is 1. The van der Waals surface area contributed by atoms with Gasteiger partial charge in [-0.05, 0) is 31.5 Å². The maximum absolute atomic E-state index is 11.5. The summed E-state index contributed by atoms with van der Waals surface area (Å²) >= 11 is 0. The Morgan fingerprint density at radius 2 is 2.17 bits per heavy atom. The van der Waals surface area contributed by atoms with E-state index >= 15 is 0 Å². The number of hydrogen-bond donors (Lipinski definition) is 1. The van der Waals surface area contributed by atoms with E-state index in [-0.39, 0.29) is 11.6 Å². The van der Waals surface area contributed by atoms with Crippen molar-refractivity contribution in [1.29, 1.82) is 0 Å². The fourth-order valence-electron chi connectivity index (χ4n) is 1.93. The van der Waals surface area contributed by atoms with Crippen LogP contribution >= 0.6 is 0 Å². The molecule has 0 saturated heterocycles. The van der Waals surface area contributed by atoms with Gasteiger partial charge in [0.2, 0.25) is 0 Å². The van der Waals surface area contributed by atoms with Gasteiger partial charge in [-0.25, -0.2) is 0 Å².